The molecule has 0 saturated carbocycles. The molecule has 1 aliphatic heterocycles. The van der Waals surface area contributed by atoms with Crippen LogP contribution in [0.4, 0.5) is 4.39 Å². The highest BCUT2D eigenvalue weighted by molar-refractivity contribution is 7.91. The summed E-state index contributed by atoms with van der Waals surface area (Å²) < 4.78 is 35.9. The Kier molecular flexibility index (Phi) is 5.61. The van der Waals surface area contributed by atoms with Gasteiger partial charge in [-0.05, 0) is 36.8 Å². The Balaban J connectivity index is 1.61. The van der Waals surface area contributed by atoms with Crippen molar-refractivity contribution in [3.8, 4) is 10.4 Å². The number of thiophene rings is 1. The van der Waals surface area contributed by atoms with Crippen LogP contribution in [0.5, 0.6) is 0 Å². The summed E-state index contributed by atoms with van der Waals surface area (Å²) in [5, 5.41) is 2.66. The van der Waals surface area contributed by atoms with E-state index >= 15 is 0 Å². The molecule has 9 heteroatoms. The topological polar surface area (TPSA) is 83.6 Å². The van der Waals surface area contributed by atoms with E-state index in [1.165, 1.54) is 28.4 Å². The van der Waals surface area contributed by atoms with Gasteiger partial charge in [0, 0.05) is 18.0 Å². The van der Waals surface area contributed by atoms with E-state index in [2.05, 4.69) is 5.32 Å². The standard InChI is InChI=1S/C18H19FN2O4S2/c1-12(18(23)21-8-10-27(24,25)11-9-21)20-17(22)16-7-6-15(26-16)13-2-4-14(19)5-3-13/h2-7,12H,8-11H2,1H3,(H,20,22). The van der Waals surface area contributed by atoms with Crippen molar-refractivity contribution in [1.29, 1.82) is 0 Å². The fourth-order valence-electron chi connectivity index (χ4n) is 2.77. The molecular formula is C18H19FN2O4S2. The fraction of sp³-hybridized carbons (Fsp3) is 0.333. The van der Waals surface area contributed by atoms with Crippen molar-refractivity contribution < 1.29 is 22.4 Å². The molecule has 144 valence electrons. The fourth-order valence-corrected chi connectivity index (χ4v) is 4.88. The van der Waals surface area contributed by atoms with E-state index in [9.17, 15) is 22.4 Å². The molecule has 1 saturated heterocycles. The lowest BCUT2D eigenvalue weighted by Crippen LogP contribution is -2.51. The molecule has 1 aromatic heterocycles. The second-order valence-corrected chi connectivity index (χ2v) is 9.73. The van der Waals surface area contributed by atoms with Crippen molar-refractivity contribution in [2.24, 2.45) is 0 Å². The van der Waals surface area contributed by atoms with E-state index in [1.807, 2.05) is 0 Å². The van der Waals surface area contributed by atoms with Gasteiger partial charge in [0.25, 0.3) is 5.91 Å². The van der Waals surface area contributed by atoms with Crippen LogP contribution in [-0.4, -0.2) is 55.8 Å². The SMILES string of the molecule is CC(NC(=O)c1ccc(-c2ccc(F)cc2)s1)C(=O)N1CCS(=O)(=O)CC1. The second kappa shape index (κ2) is 7.77. The monoisotopic (exact) mass is 410 g/mol. The Morgan fingerprint density at radius 2 is 1.74 bits per heavy atom. The minimum absolute atomic E-state index is 0.0502. The molecular weight excluding hydrogens is 391 g/mol. The van der Waals surface area contributed by atoms with Gasteiger partial charge in [0.1, 0.15) is 11.9 Å². The van der Waals surface area contributed by atoms with Gasteiger partial charge in [-0.15, -0.1) is 11.3 Å². The molecule has 1 unspecified atom stereocenters. The van der Waals surface area contributed by atoms with E-state index in [0.29, 0.717) is 4.88 Å². The van der Waals surface area contributed by atoms with Gasteiger partial charge in [-0.25, -0.2) is 12.8 Å². The molecule has 1 aliphatic rings. The van der Waals surface area contributed by atoms with Crippen molar-refractivity contribution in [2.75, 3.05) is 24.6 Å². The number of sulfone groups is 1. The van der Waals surface area contributed by atoms with Crippen LogP contribution in [0, 0.1) is 5.82 Å². The maximum absolute atomic E-state index is 13.0. The number of hydrogen-bond acceptors (Lipinski definition) is 5. The van der Waals surface area contributed by atoms with Crippen LogP contribution >= 0.6 is 11.3 Å². The molecule has 0 bridgehead atoms. The maximum Gasteiger partial charge on any atom is 0.262 e. The summed E-state index contributed by atoms with van der Waals surface area (Å²) in [4.78, 5) is 27.6. The molecule has 2 amide bonds. The minimum atomic E-state index is -3.07. The van der Waals surface area contributed by atoms with E-state index in [-0.39, 0.29) is 42.2 Å². The highest BCUT2D eigenvalue weighted by Crippen LogP contribution is 2.28. The molecule has 0 radical (unpaired) electrons. The third kappa shape index (κ3) is 4.72. The zero-order chi connectivity index (χ0) is 19.6. The Hall–Kier alpha value is -2.26. The van der Waals surface area contributed by atoms with Crippen LogP contribution in [0.1, 0.15) is 16.6 Å². The molecule has 1 fully saturated rings. The average molecular weight is 410 g/mol. The first-order valence-corrected chi connectivity index (χ1v) is 11.0. The molecule has 2 heterocycles. The molecule has 6 nitrogen and oxygen atoms in total. The summed E-state index contributed by atoms with van der Waals surface area (Å²) in [5.41, 5.74) is 0.805. The summed E-state index contributed by atoms with van der Waals surface area (Å²) >= 11 is 1.25. The first-order chi connectivity index (χ1) is 12.7. The Bertz CT molecular complexity index is 940. The smallest absolute Gasteiger partial charge is 0.262 e. The molecule has 27 heavy (non-hydrogen) atoms. The molecule has 2 aromatic rings. The van der Waals surface area contributed by atoms with Crippen molar-refractivity contribution >= 4 is 33.0 Å². The average Bonchev–Trinajstić information content (AvgIpc) is 3.12. The van der Waals surface area contributed by atoms with Gasteiger partial charge in [0.05, 0.1) is 16.4 Å². The number of nitrogens with one attached hydrogen (secondary N) is 1. The van der Waals surface area contributed by atoms with Crippen molar-refractivity contribution in [2.45, 2.75) is 13.0 Å². The van der Waals surface area contributed by atoms with Gasteiger partial charge in [-0.3, -0.25) is 9.59 Å². The van der Waals surface area contributed by atoms with Crippen LogP contribution in [-0.2, 0) is 14.6 Å². The predicted octanol–water partition coefficient (Wildman–Crippen LogP) is 1.93. The number of halogens is 1. The molecule has 1 N–H and O–H groups in total. The number of nitrogens with zero attached hydrogens (tertiary/aromatic N) is 1. The van der Waals surface area contributed by atoms with E-state index in [0.717, 1.165) is 10.4 Å². The second-order valence-electron chi connectivity index (χ2n) is 6.34. The molecule has 1 aromatic carbocycles. The van der Waals surface area contributed by atoms with Crippen LogP contribution in [0.3, 0.4) is 0 Å². The number of hydrogen-bond donors (Lipinski definition) is 1. The predicted molar refractivity (Wildman–Crippen MR) is 102 cm³/mol. The lowest BCUT2D eigenvalue weighted by atomic mass is 10.2. The van der Waals surface area contributed by atoms with E-state index in [1.54, 1.807) is 31.2 Å². The van der Waals surface area contributed by atoms with Crippen LogP contribution in [0.15, 0.2) is 36.4 Å². The van der Waals surface area contributed by atoms with E-state index < -0.39 is 15.9 Å². The summed E-state index contributed by atoms with van der Waals surface area (Å²) in [6.07, 6.45) is 0. The summed E-state index contributed by atoms with van der Waals surface area (Å²) in [7, 11) is -3.07. The van der Waals surface area contributed by atoms with Gasteiger partial charge in [0.15, 0.2) is 9.84 Å². The number of benzene rings is 1. The lowest BCUT2D eigenvalue weighted by molar-refractivity contribution is -0.132. The number of rotatable bonds is 4. The van der Waals surface area contributed by atoms with Crippen molar-refractivity contribution in [3.63, 3.8) is 0 Å². The van der Waals surface area contributed by atoms with Gasteiger partial charge in [-0.1, -0.05) is 12.1 Å². The highest BCUT2D eigenvalue weighted by Gasteiger charge is 2.28. The minimum Gasteiger partial charge on any atom is -0.340 e. The third-order valence-corrected chi connectivity index (χ3v) is 7.07. The van der Waals surface area contributed by atoms with E-state index in [4.69, 9.17) is 0 Å². The number of carbonyl (C=O) groups excluding carboxylic acids is 2. The van der Waals surface area contributed by atoms with Gasteiger partial charge in [-0.2, -0.15) is 0 Å². The first-order valence-electron chi connectivity index (χ1n) is 8.41. The Morgan fingerprint density at radius 3 is 2.37 bits per heavy atom. The molecule has 1 atom stereocenters. The summed E-state index contributed by atoms with van der Waals surface area (Å²) in [6.45, 7) is 1.88. The normalized spacial score (nSPS) is 17.3. The largest absolute Gasteiger partial charge is 0.340 e. The highest BCUT2D eigenvalue weighted by atomic mass is 32.2. The van der Waals surface area contributed by atoms with Gasteiger partial charge in [0.2, 0.25) is 5.91 Å². The zero-order valence-corrected chi connectivity index (χ0v) is 16.3. The quantitative estimate of drug-likeness (QED) is 0.835. The maximum atomic E-state index is 13.0. The summed E-state index contributed by atoms with van der Waals surface area (Å²) in [6, 6.07) is 8.66. The van der Waals surface area contributed by atoms with Crippen molar-refractivity contribution in [1.82, 2.24) is 10.2 Å². The molecule has 0 spiro atoms. The Labute approximate surface area is 160 Å². The number of amides is 2. The van der Waals surface area contributed by atoms with Crippen LogP contribution in [0.25, 0.3) is 10.4 Å². The van der Waals surface area contributed by atoms with Crippen molar-refractivity contribution in [3.05, 3.63) is 47.1 Å². The zero-order valence-electron chi connectivity index (χ0n) is 14.6. The number of carbonyl (C=O) groups is 2. The van der Waals surface area contributed by atoms with Crippen LogP contribution in [0.2, 0.25) is 0 Å². The van der Waals surface area contributed by atoms with Gasteiger partial charge >= 0.3 is 0 Å². The van der Waals surface area contributed by atoms with Gasteiger partial charge < -0.3 is 10.2 Å². The lowest BCUT2D eigenvalue weighted by Gasteiger charge is -2.29. The first kappa shape index (κ1) is 19.5. The Morgan fingerprint density at radius 1 is 1.11 bits per heavy atom. The summed E-state index contributed by atoms with van der Waals surface area (Å²) in [5.74, 6) is -1.10. The molecule has 3 rings (SSSR count). The van der Waals surface area contributed by atoms with Crippen LogP contribution < -0.4 is 5.32 Å². The third-order valence-electron chi connectivity index (χ3n) is 4.33. The molecule has 0 aliphatic carbocycles.